The van der Waals surface area contributed by atoms with E-state index in [9.17, 15) is 24.3 Å². The topological polar surface area (TPSA) is 186 Å². The summed E-state index contributed by atoms with van der Waals surface area (Å²) in [4.78, 5) is 71.2. The number of carbonyl (C=O) groups excluding carboxylic acids is 3. The Bertz CT molecular complexity index is 1970. The molecule has 7 fully saturated rings. The molecule has 2 aliphatic heterocycles. The zero-order valence-corrected chi connectivity index (χ0v) is 31.8. The Hall–Kier alpha value is -4.88. The van der Waals surface area contributed by atoms with E-state index in [1.165, 1.54) is 18.4 Å². The Morgan fingerprint density at radius 3 is 1.85 bits per heavy atom. The molecular weight excluding hydrogens is 701 g/mol. The number of nitrogens with one attached hydrogen (secondary N) is 4. The summed E-state index contributed by atoms with van der Waals surface area (Å²) in [6, 6.07) is 7.63. The number of aromatic amines is 2. The highest BCUT2D eigenvalue weighted by Crippen LogP contribution is 2.59. The molecule has 2 bridgehead atoms. The number of methoxy groups -OCH3 is 1. The van der Waals surface area contributed by atoms with Gasteiger partial charge in [-0.05, 0) is 105 Å². The number of carboxylic acid groups (broad SMARTS) is 1. The summed E-state index contributed by atoms with van der Waals surface area (Å²) in [5.41, 5.74) is 4.74. The Kier molecular flexibility index (Phi) is 8.72. The molecule has 14 heteroatoms. The number of hydrogen-bond acceptors (Lipinski definition) is 7. The molecule has 2 saturated heterocycles. The third-order valence-electron chi connectivity index (χ3n) is 14.4. The largest absolute Gasteiger partial charge is 0.465 e. The van der Waals surface area contributed by atoms with Gasteiger partial charge in [-0.1, -0.05) is 38.1 Å². The standard InChI is InChI=1S/C41H52N8O6/c1-4-26(45-38(52)53)36(50)48-29-16-23(29)18-31(48)34-42-20-28(44-34)22-6-8-25(9-7-22)40-10-13-41(14-11-40,15-12-40)33-21-43-35(47-33)32-19-24-17-30(24)49(32)37(51)27(5-2)46-39(54)55-3/h6-9,20-21,23-24,26-27,29-32,45H,4-5,10-19H2,1-3H3,(H,42,44)(H,43,47)(H,46,54)(H,52,53)/t23-,24+,26+,27+,29-,30-,31+,32+,40?,41?/m1/s1. The summed E-state index contributed by atoms with van der Waals surface area (Å²) in [5.74, 6) is 2.33. The minimum atomic E-state index is -1.18. The first-order valence-electron chi connectivity index (χ1n) is 20.3. The number of hydrogen-bond donors (Lipinski definition) is 5. The molecule has 5 saturated carbocycles. The molecule has 14 nitrogen and oxygen atoms in total. The summed E-state index contributed by atoms with van der Waals surface area (Å²) in [6.45, 7) is 3.73. The fourth-order valence-electron chi connectivity index (χ4n) is 10.9. The fourth-order valence-corrected chi connectivity index (χ4v) is 10.9. The van der Waals surface area contributed by atoms with Gasteiger partial charge in [0.05, 0.1) is 31.1 Å². The van der Waals surface area contributed by atoms with E-state index in [1.807, 2.05) is 36.0 Å². The number of likely N-dealkylation sites (tertiary alicyclic amines) is 2. The normalized spacial score (nSPS) is 32.3. The van der Waals surface area contributed by atoms with Gasteiger partial charge >= 0.3 is 12.2 Å². The number of alkyl carbamates (subject to hydrolysis) is 1. The van der Waals surface area contributed by atoms with Crippen molar-refractivity contribution in [2.24, 2.45) is 11.8 Å². The van der Waals surface area contributed by atoms with Crippen molar-refractivity contribution in [2.75, 3.05) is 7.11 Å². The van der Waals surface area contributed by atoms with Crippen LogP contribution in [0.5, 0.6) is 0 Å². The van der Waals surface area contributed by atoms with Crippen LogP contribution in [0.15, 0.2) is 36.7 Å². The van der Waals surface area contributed by atoms with Crippen molar-refractivity contribution in [3.63, 3.8) is 0 Å². The van der Waals surface area contributed by atoms with Gasteiger partial charge in [-0.25, -0.2) is 19.6 Å². The highest BCUT2D eigenvalue weighted by molar-refractivity contribution is 5.87. The summed E-state index contributed by atoms with van der Waals surface area (Å²) in [7, 11) is 1.31. The predicted molar refractivity (Wildman–Crippen MR) is 201 cm³/mol. The van der Waals surface area contributed by atoms with Gasteiger partial charge in [0.2, 0.25) is 11.8 Å². The van der Waals surface area contributed by atoms with Crippen molar-refractivity contribution in [1.82, 2.24) is 40.4 Å². The van der Waals surface area contributed by atoms with E-state index in [2.05, 4.69) is 44.9 Å². The molecule has 8 atom stereocenters. The zero-order valence-electron chi connectivity index (χ0n) is 31.8. The number of rotatable bonds is 11. The molecule has 0 spiro atoms. The second kappa shape index (κ2) is 13.4. The van der Waals surface area contributed by atoms with E-state index in [-0.39, 0.29) is 46.8 Å². The smallest absolute Gasteiger partial charge is 0.407 e. The maximum absolute atomic E-state index is 13.7. The molecule has 5 aliphatic carbocycles. The molecule has 0 radical (unpaired) electrons. The lowest BCUT2D eigenvalue weighted by Crippen LogP contribution is -2.49. The van der Waals surface area contributed by atoms with Crippen LogP contribution in [0.4, 0.5) is 9.59 Å². The van der Waals surface area contributed by atoms with Crippen molar-refractivity contribution in [3.8, 4) is 11.3 Å². The molecule has 292 valence electrons. The second-order valence-electron chi connectivity index (χ2n) is 17.1. The summed E-state index contributed by atoms with van der Waals surface area (Å²) in [5, 5.41) is 14.4. The van der Waals surface area contributed by atoms with Crippen LogP contribution in [0.1, 0.15) is 126 Å². The van der Waals surface area contributed by atoms with Crippen molar-refractivity contribution in [1.29, 1.82) is 0 Å². The Balaban J connectivity index is 0.855. The van der Waals surface area contributed by atoms with Crippen LogP contribution in [-0.4, -0.2) is 90.1 Å². The number of amides is 4. The number of fused-ring (bicyclic) bond motifs is 5. The second-order valence-corrected chi connectivity index (χ2v) is 17.1. The highest BCUT2D eigenvalue weighted by Gasteiger charge is 2.58. The number of H-pyrrole nitrogens is 2. The van der Waals surface area contributed by atoms with Gasteiger partial charge in [-0.2, -0.15) is 0 Å². The van der Waals surface area contributed by atoms with Crippen molar-refractivity contribution >= 4 is 24.0 Å². The van der Waals surface area contributed by atoms with Crippen LogP contribution in [0.3, 0.4) is 0 Å². The third-order valence-corrected chi connectivity index (χ3v) is 14.4. The van der Waals surface area contributed by atoms with E-state index in [0.717, 1.165) is 87.1 Å². The molecule has 0 unspecified atom stereocenters. The fraction of sp³-hybridized carbons (Fsp3) is 0.610. The van der Waals surface area contributed by atoms with Crippen LogP contribution >= 0.6 is 0 Å². The molecule has 1 aromatic carbocycles. The zero-order chi connectivity index (χ0) is 38.2. The first-order valence-corrected chi connectivity index (χ1v) is 20.3. The third kappa shape index (κ3) is 6.06. The van der Waals surface area contributed by atoms with Gasteiger partial charge in [0.15, 0.2) is 0 Å². The minimum absolute atomic E-state index is 0.0563. The predicted octanol–water partition coefficient (Wildman–Crippen LogP) is 5.85. The first-order chi connectivity index (χ1) is 26.6. The SMILES string of the molecule is CC[C@H](NC(=O)O)C(=O)N1[C@@H]2C[C@@H]2C[C@H]1c1ncc(-c2ccc(C34CCC(c5cnc([C@@H]6C[C@@H]7C[C@H]7N6C(=O)[C@H](CC)NC(=O)OC)[nH]5)(CC3)CC4)cc2)[nH]1. The minimum Gasteiger partial charge on any atom is -0.465 e. The number of carbonyl (C=O) groups is 4. The maximum atomic E-state index is 13.7. The Morgan fingerprint density at radius 2 is 1.31 bits per heavy atom. The lowest BCUT2D eigenvalue weighted by atomic mass is 9.51. The molecule has 5 N–H and O–H groups in total. The number of benzene rings is 1. The van der Waals surface area contributed by atoms with Gasteiger partial charge in [0.25, 0.3) is 0 Å². The van der Waals surface area contributed by atoms with Gasteiger partial charge in [-0.15, -0.1) is 0 Å². The molecular formula is C41H52N8O6. The number of nitrogens with zero attached hydrogens (tertiary/aromatic N) is 4. The average Bonchev–Trinajstić information content (AvgIpc) is 3.79. The van der Waals surface area contributed by atoms with E-state index >= 15 is 0 Å². The van der Waals surface area contributed by atoms with Crippen LogP contribution in [0, 0.1) is 11.8 Å². The van der Waals surface area contributed by atoms with E-state index < -0.39 is 24.3 Å². The molecule has 55 heavy (non-hydrogen) atoms. The molecule has 10 rings (SSSR count). The quantitative estimate of drug-likeness (QED) is 0.162. The van der Waals surface area contributed by atoms with Gasteiger partial charge < -0.3 is 40.2 Å². The molecule has 2 aromatic heterocycles. The molecule has 7 aliphatic rings. The van der Waals surface area contributed by atoms with Gasteiger partial charge in [-0.3, -0.25) is 9.59 Å². The van der Waals surface area contributed by atoms with E-state index in [4.69, 9.17) is 14.7 Å². The first kappa shape index (κ1) is 35.8. The summed E-state index contributed by atoms with van der Waals surface area (Å²) < 4.78 is 4.78. The summed E-state index contributed by atoms with van der Waals surface area (Å²) in [6.07, 6.45) is 13.3. The number of ether oxygens (including phenoxy) is 1. The maximum Gasteiger partial charge on any atom is 0.407 e. The molecule has 4 amide bonds. The van der Waals surface area contributed by atoms with Gasteiger partial charge in [0.1, 0.15) is 23.7 Å². The molecule has 4 heterocycles. The number of piperidine rings is 2. The lowest BCUT2D eigenvalue weighted by molar-refractivity contribution is -0.136. The Morgan fingerprint density at radius 1 is 0.782 bits per heavy atom. The van der Waals surface area contributed by atoms with Crippen molar-refractivity contribution in [2.45, 2.75) is 138 Å². The highest BCUT2D eigenvalue weighted by atomic mass is 16.5. The van der Waals surface area contributed by atoms with E-state index in [0.29, 0.717) is 24.7 Å². The van der Waals surface area contributed by atoms with Gasteiger partial charge in [0, 0.05) is 29.4 Å². The van der Waals surface area contributed by atoms with E-state index in [1.54, 1.807) is 0 Å². The molecule has 3 aromatic rings. The average molecular weight is 753 g/mol. The summed E-state index contributed by atoms with van der Waals surface area (Å²) >= 11 is 0. The monoisotopic (exact) mass is 752 g/mol. The van der Waals surface area contributed by atoms with Crippen molar-refractivity contribution in [3.05, 3.63) is 59.6 Å². The van der Waals surface area contributed by atoms with Crippen LogP contribution in [0.2, 0.25) is 0 Å². The van der Waals surface area contributed by atoms with Crippen LogP contribution in [-0.2, 0) is 25.2 Å². The number of aromatic nitrogens is 4. The van der Waals surface area contributed by atoms with Crippen LogP contribution < -0.4 is 10.6 Å². The number of imidazole rings is 2. The van der Waals surface area contributed by atoms with Crippen LogP contribution in [0.25, 0.3) is 11.3 Å². The Labute approximate surface area is 320 Å². The van der Waals surface area contributed by atoms with Crippen molar-refractivity contribution < 1.29 is 29.0 Å². The lowest BCUT2D eigenvalue weighted by Gasteiger charge is -2.53.